The molecule has 0 aliphatic heterocycles. The number of ether oxygens (including phenoxy) is 1. The molecule has 2 nitrogen and oxygen atoms in total. The summed E-state index contributed by atoms with van der Waals surface area (Å²) in [6, 6.07) is 2.16. The molecule has 0 heterocycles. The van der Waals surface area contributed by atoms with Gasteiger partial charge in [-0.1, -0.05) is 40.7 Å². The third-order valence-electron chi connectivity index (χ3n) is 4.48. The van der Waals surface area contributed by atoms with Crippen molar-refractivity contribution in [3.63, 3.8) is 0 Å². The fourth-order valence-corrected chi connectivity index (χ4v) is 4.50. The second-order valence-corrected chi connectivity index (χ2v) is 8.65. The number of halogens is 1. The van der Waals surface area contributed by atoms with Crippen LogP contribution in [0.25, 0.3) is 5.57 Å². The molecule has 0 amide bonds. The summed E-state index contributed by atoms with van der Waals surface area (Å²) < 4.78 is 6.88. The molecule has 0 saturated heterocycles. The molecule has 0 bridgehead atoms. The first-order chi connectivity index (χ1) is 10.6. The third kappa shape index (κ3) is 3.40. The van der Waals surface area contributed by atoms with Crippen LogP contribution in [-0.4, -0.2) is 12.9 Å². The van der Waals surface area contributed by atoms with Gasteiger partial charge in [-0.2, -0.15) is 0 Å². The molecule has 126 valence electrons. The Kier molecular flexibility index (Phi) is 5.10. The van der Waals surface area contributed by atoms with Crippen LogP contribution in [0.1, 0.15) is 64.7 Å². The van der Waals surface area contributed by atoms with E-state index in [4.69, 9.17) is 4.74 Å². The lowest BCUT2D eigenvalue weighted by molar-refractivity contribution is -0.107. The molecule has 1 aromatic carbocycles. The minimum Gasteiger partial charge on any atom is -0.492 e. The summed E-state index contributed by atoms with van der Waals surface area (Å²) in [5, 5.41) is 0. The van der Waals surface area contributed by atoms with Crippen molar-refractivity contribution in [2.45, 2.75) is 59.8 Å². The van der Waals surface area contributed by atoms with Gasteiger partial charge in [0.15, 0.2) is 0 Å². The first-order valence-electron chi connectivity index (χ1n) is 8.26. The molecule has 1 aliphatic rings. The van der Waals surface area contributed by atoms with Crippen LogP contribution in [0.4, 0.5) is 0 Å². The van der Waals surface area contributed by atoms with Crippen LogP contribution < -0.4 is 4.74 Å². The fourth-order valence-electron chi connectivity index (χ4n) is 3.38. The summed E-state index contributed by atoms with van der Waals surface area (Å²) in [6.07, 6.45) is 4.69. The van der Waals surface area contributed by atoms with Crippen LogP contribution >= 0.6 is 15.9 Å². The van der Waals surface area contributed by atoms with Gasteiger partial charge in [-0.3, -0.25) is 0 Å². The van der Waals surface area contributed by atoms with E-state index in [2.05, 4.69) is 62.7 Å². The molecule has 0 fully saturated rings. The summed E-state index contributed by atoms with van der Waals surface area (Å²) >= 11 is 3.79. The van der Waals surface area contributed by atoms with E-state index < -0.39 is 0 Å². The summed E-state index contributed by atoms with van der Waals surface area (Å²) in [4.78, 5) is 11.1. The number of fused-ring (bicyclic) bond motifs is 1. The zero-order chi connectivity index (χ0) is 17.4. The Balaban J connectivity index is 2.80. The number of benzene rings is 1. The maximum absolute atomic E-state index is 11.1. The van der Waals surface area contributed by atoms with Crippen molar-refractivity contribution in [1.82, 2.24) is 0 Å². The topological polar surface area (TPSA) is 26.3 Å². The lowest BCUT2D eigenvalue weighted by atomic mass is 9.68. The van der Waals surface area contributed by atoms with Crippen molar-refractivity contribution in [3.8, 4) is 5.75 Å². The first kappa shape index (κ1) is 18.3. The van der Waals surface area contributed by atoms with E-state index in [9.17, 15) is 4.79 Å². The molecule has 0 aromatic heterocycles. The number of hydrogen-bond donors (Lipinski definition) is 0. The summed E-state index contributed by atoms with van der Waals surface area (Å²) in [7, 11) is 0. The molecule has 23 heavy (non-hydrogen) atoms. The molecule has 0 spiro atoms. The lowest BCUT2D eigenvalue weighted by Gasteiger charge is -2.38. The molecule has 3 heteroatoms. The average molecular weight is 379 g/mol. The predicted molar refractivity (Wildman–Crippen MR) is 100 cm³/mol. The molecule has 0 saturated carbocycles. The van der Waals surface area contributed by atoms with E-state index in [-0.39, 0.29) is 10.8 Å². The second-order valence-electron chi connectivity index (χ2n) is 7.86. The highest BCUT2D eigenvalue weighted by atomic mass is 79.9. The molecular formula is C20H27BrO2. The first-order valence-corrected chi connectivity index (χ1v) is 9.06. The summed E-state index contributed by atoms with van der Waals surface area (Å²) in [5.41, 5.74) is 4.96. The largest absolute Gasteiger partial charge is 0.492 e. The van der Waals surface area contributed by atoms with E-state index in [1.54, 1.807) is 0 Å². The highest BCUT2D eigenvalue weighted by Crippen LogP contribution is 2.51. The fraction of sp³-hybridized carbons (Fsp3) is 0.550. The van der Waals surface area contributed by atoms with Crippen molar-refractivity contribution >= 4 is 27.8 Å². The maximum atomic E-state index is 11.1. The van der Waals surface area contributed by atoms with Crippen molar-refractivity contribution in [1.29, 1.82) is 0 Å². The van der Waals surface area contributed by atoms with Gasteiger partial charge in [0.05, 0.1) is 11.1 Å². The molecule has 1 aliphatic carbocycles. The Morgan fingerprint density at radius 2 is 2.00 bits per heavy atom. The van der Waals surface area contributed by atoms with Crippen LogP contribution in [0.5, 0.6) is 5.75 Å². The Morgan fingerprint density at radius 3 is 2.52 bits per heavy atom. The molecular weight excluding hydrogens is 352 g/mol. The Bertz CT molecular complexity index is 649. The molecule has 0 unspecified atom stereocenters. The van der Waals surface area contributed by atoms with Crippen molar-refractivity contribution in [2.24, 2.45) is 5.41 Å². The maximum Gasteiger partial charge on any atom is 0.137 e. The minimum absolute atomic E-state index is 0.0362. The van der Waals surface area contributed by atoms with Crippen molar-refractivity contribution in [2.75, 3.05) is 6.61 Å². The molecule has 0 atom stereocenters. The Morgan fingerprint density at radius 1 is 1.35 bits per heavy atom. The van der Waals surface area contributed by atoms with Gasteiger partial charge in [0.2, 0.25) is 0 Å². The predicted octanol–water partition coefficient (Wildman–Crippen LogP) is 5.70. The van der Waals surface area contributed by atoms with E-state index in [0.29, 0.717) is 13.0 Å². The number of hydrogen-bond acceptors (Lipinski definition) is 2. The molecule has 1 aromatic rings. The zero-order valence-corrected chi connectivity index (χ0v) is 16.6. The number of aldehydes is 1. The van der Waals surface area contributed by atoms with Gasteiger partial charge in [0.1, 0.15) is 12.0 Å². The number of allylic oxidation sites excluding steroid dienone is 2. The van der Waals surface area contributed by atoms with E-state index in [1.807, 2.05) is 6.92 Å². The van der Waals surface area contributed by atoms with Crippen molar-refractivity contribution in [3.05, 3.63) is 33.3 Å². The zero-order valence-electron chi connectivity index (χ0n) is 15.0. The van der Waals surface area contributed by atoms with Gasteiger partial charge >= 0.3 is 0 Å². The van der Waals surface area contributed by atoms with E-state index >= 15 is 0 Å². The Hall–Kier alpha value is -1.09. The number of carbonyl (C=O) groups excluding carboxylic acids is 1. The summed E-state index contributed by atoms with van der Waals surface area (Å²) in [5.74, 6) is 0.821. The van der Waals surface area contributed by atoms with Gasteiger partial charge < -0.3 is 9.53 Å². The lowest BCUT2D eigenvalue weighted by Crippen LogP contribution is -2.26. The van der Waals surface area contributed by atoms with E-state index in [1.165, 1.54) is 16.7 Å². The quantitative estimate of drug-likeness (QED) is 0.628. The van der Waals surface area contributed by atoms with Crippen LogP contribution in [0.15, 0.2) is 16.6 Å². The second kappa shape index (κ2) is 6.43. The summed E-state index contributed by atoms with van der Waals surface area (Å²) in [6.45, 7) is 13.8. The Labute approximate surface area is 148 Å². The van der Waals surface area contributed by atoms with Crippen molar-refractivity contribution < 1.29 is 9.53 Å². The standard InChI is InChI=1S/C20H27BrO2/c1-7-23-18-13(9-11-22)12-14-15(19(2,3)4)8-10-20(5,6)16(14)17(18)21/h8,11-12H,7,9-10H2,1-6H3. The molecule has 0 N–H and O–H groups in total. The smallest absolute Gasteiger partial charge is 0.137 e. The van der Waals surface area contributed by atoms with Crippen LogP contribution in [-0.2, 0) is 16.6 Å². The minimum atomic E-state index is 0.0362. The SMILES string of the molecule is CCOc1c(CC=O)cc2c(c1Br)C(C)(C)CC=C2C(C)(C)C. The van der Waals surface area contributed by atoms with Gasteiger partial charge in [-0.05, 0) is 62.9 Å². The average Bonchev–Trinajstić information content (AvgIpc) is 2.41. The molecule has 2 rings (SSSR count). The van der Waals surface area contributed by atoms with Gasteiger partial charge in [0, 0.05) is 12.0 Å². The number of carbonyl (C=O) groups is 1. The van der Waals surface area contributed by atoms with Crippen LogP contribution in [0, 0.1) is 5.41 Å². The van der Waals surface area contributed by atoms with E-state index in [0.717, 1.165) is 28.5 Å². The van der Waals surface area contributed by atoms with Crippen LogP contribution in [0.2, 0.25) is 0 Å². The normalized spacial score (nSPS) is 16.6. The monoisotopic (exact) mass is 378 g/mol. The highest BCUT2D eigenvalue weighted by Gasteiger charge is 2.35. The number of rotatable bonds is 4. The van der Waals surface area contributed by atoms with Gasteiger partial charge in [0.25, 0.3) is 0 Å². The van der Waals surface area contributed by atoms with Crippen LogP contribution in [0.3, 0.4) is 0 Å². The molecule has 0 radical (unpaired) electrons. The third-order valence-corrected chi connectivity index (χ3v) is 5.24. The highest BCUT2D eigenvalue weighted by molar-refractivity contribution is 9.10. The van der Waals surface area contributed by atoms with Gasteiger partial charge in [-0.25, -0.2) is 0 Å². The van der Waals surface area contributed by atoms with Gasteiger partial charge in [-0.15, -0.1) is 0 Å².